The summed E-state index contributed by atoms with van der Waals surface area (Å²) in [4.78, 5) is 17.1. The first kappa shape index (κ1) is 23.8. The van der Waals surface area contributed by atoms with Crippen molar-refractivity contribution in [2.75, 3.05) is 55.1 Å². The molecule has 34 heavy (non-hydrogen) atoms. The third-order valence-electron chi connectivity index (χ3n) is 6.70. The summed E-state index contributed by atoms with van der Waals surface area (Å²) in [5.41, 5.74) is 5.98. The van der Waals surface area contributed by atoms with Crippen molar-refractivity contribution in [1.82, 2.24) is 9.80 Å². The Bertz CT molecular complexity index is 1090. The van der Waals surface area contributed by atoms with E-state index in [1.54, 1.807) is 28.4 Å². The molecule has 7 heteroatoms. The molecule has 2 aromatic rings. The van der Waals surface area contributed by atoms with Gasteiger partial charge in [-0.3, -0.25) is 4.79 Å². The molecule has 0 spiro atoms. The van der Waals surface area contributed by atoms with E-state index in [1.165, 1.54) is 16.7 Å². The van der Waals surface area contributed by atoms with Crippen molar-refractivity contribution >= 4 is 11.5 Å². The lowest BCUT2D eigenvalue weighted by atomic mass is 9.83. The Balaban J connectivity index is 1.33. The Labute approximate surface area is 201 Å². The quantitative estimate of drug-likeness (QED) is 0.563. The lowest BCUT2D eigenvalue weighted by molar-refractivity contribution is -0.130. The van der Waals surface area contributed by atoms with Crippen molar-refractivity contribution in [3.8, 4) is 23.0 Å². The maximum absolute atomic E-state index is 12.9. The molecule has 4 rings (SSSR count). The van der Waals surface area contributed by atoms with E-state index in [0.29, 0.717) is 17.9 Å². The van der Waals surface area contributed by atoms with Crippen LogP contribution in [-0.2, 0) is 24.1 Å². The van der Waals surface area contributed by atoms with Gasteiger partial charge in [0.15, 0.2) is 23.0 Å². The summed E-state index contributed by atoms with van der Waals surface area (Å²) in [5.74, 6) is 3.08. The van der Waals surface area contributed by atoms with E-state index in [1.807, 2.05) is 17.0 Å². The van der Waals surface area contributed by atoms with E-state index in [4.69, 9.17) is 18.9 Å². The van der Waals surface area contributed by atoms with Crippen LogP contribution < -0.4 is 18.9 Å². The van der Waals surface area contributed by atoms with Gasteiger partial charge in [0.25, 0.3) is 0 Å². The number of carbonyl (C=O) groups is 1. The Morgan fingerprint density at radius 1 is 0.853 bits per heavy atom. The van der Waals surface area contributed by atoms with Gasteiger partial charge < -0.3 is 28.7 Å². The average molecular weight is 467 g/mol. The maximum atomic E-state index is 12.9. The van der Waals surface area contributed by atoms with E-state index in [-0.39, 0.29) is 5.91 Å². The van der Waals surface area contributed by atoms with Gasteiger partial charge in [0.1, 0.15) is 0 Å². The van der Waals surface area contributed by atoms with Crippen molar-refractivity contribution < 1.29 is 23.7 Å². The number of benzene rings is 2. The summed E-state index contributed by atoms with van der Waals surface area (Å²) < 4.78 is 21.7. The molecule has 0 saturated carbocycles. The standard InChI is InChI=1S/C27H34N2O5/c1-28(17-21-11-20-14-25(33-4)26(34-5)16-22(20)21)8-6-9-29-10-7-18-12-23(31-2)24(32-3)13-19(18)15-27(29)30/h12-14,16-17H,6-11,15H2,1-5H3/b21-17+. The van der Waals surface area contributed by atoms with Gasteiger partial charge in [0.05, 0.1) is 34.9 Å². The minimum absolute atomic E-state index is 0.168. The van der Waals surface area contributed by atoms with E-state index in [9.17, 15) is 4.79 Å². The SMILES string of the molecule is COc1cc2c(cc1OC)CC(=O)N(CCCN(C)/C=C1\Cc3cc(OC)c(OC)cc31)CC2. The zero-order valence-corrected chi connectivity index (χ0v) is 20.8. The number of allylic oxidation sites excluding steroid dienone is 1. The highest BCUT2D eigenvalue weighted by Crippen LogP contribution is 2.41. The van der Waals surface area contributed by atoms with Gasteiger partial charge in [-0.15, -0.1) is 0 Å². The predicted octanol–water partition coefficient (Wildman–Crippen LogP) is 3.57. The second kappa shape index (κ2) is 10.3. The lowest BCUT2D eigenvalue weighted by Gasteiger charge is -2.28. The van der Waals surface area contributed by atoms with Gasteiger partial charge in [-0.1, -0.05) is 0 Å². The van der Waals surface area contributed by atoms with Gasteiger partial charge in [-0.25, -0.2) is 0 Å². The normalized spacial score (nSPS) is 15.7. The van der Waals surface area contributed by atoms with Gasteiger partial charge in [0.2, 0.25) is 5.91 Å². The molecule has 0 radical (unpaired) electrons. The zero-order valence-electron chi connectivity index (χ0n) is 20.8. The molecule has 0 aromatic heterocycles. The van der Waals surface area contributed by atoms with E-state index >= 15 is 0 Å². The number of hydrogen-bond acceptors (Lipinski definition) is 6. The fourth-order valence-corrected chi connectivity index (χ4v) is 4.77. The first-order valence-electron chi connectivity index (χ1n) is 11.6. The molecular weight excluding hydrogens is 432 g/mol. The van der Waals surface area contributed by atoms with Crippen LogP contribution in [0.1, 0.15) is 28.7 Å². The van der Waals surface area contributed by atoms with Crippen LogP contribution in [0.15, 0.2) is 30.5 Å². The molecular formula is C27H34N2O5. The monoisotopic (exact) mass is 466 g/mol. The summed E-state index contributed by atoms with van der Waals surface area (Å²) in [6, 6.07) is 8.05. The molecule has 0 atom stereocenters. The van der Waals surface area contributed by atoms with Crippen molar-refractivity contribution in [2.24, 2.45) is 0 Å². The Morgan fingerprint density at radius 2 is 1.44 bits per heavy atom. The molecule has 182 valence electrons. The fraction of sp³-hybridized carbons (Fsp3) is 0.444. The fourth-order valence-electron chi connectivity index (χ4n) is 4.77. The smallest absolute Gasteiger partial charge is 0.227 e. The van der Waals surface area contributed by atoms with Gasteiger partial charge >= 0.3 is 0 Å². The minimum atomic E-state index is 0.168. The summed E-state index contributed by atoms with van der Waals surface area (Å²) in [6.45, 7) is 2.35. The summed E-state index contributed by atoms with van der Waals surface area (Å²) in [6.07, 6.45) is 5.26. The van der Waals surface area contributed by atoms with Crippen LogP contribution in [0.2, 0.25) is 0 Å². The molecule has 7 nitrogen and oxygen atoms in total. The average Bonchev–Trinajstić information content (AvgIpc) is 2.98. The number of rotatable bonds is 9. The first-order valence-corrected chi connectivity index (χ1v) is 11.6. The number of ether oxygens (including phenoxy) is 4. The van der Waals surface area contributed by atoms with Crippen LogP contribution in [0, 0.1) is 0 Å². The molecule has 0 unspecified atom stereocenters. The number of methoxy groups -OCH3 is 4. The van der Waals surface area contributed by atoms with Crippen LogP contribution in [0.25, 0.3) is 5.57 Å². The molecule has 1 amide bonds. The summed E-state index contributed by atoms with van der Waals surface area (Å²) in [5, 5.41) is 0. The predicted molar refractivity (Wildman–Crippen MR) is 132 cm³/mol. The van der Waals surface area contributed by atoms with Gasteiger partial charge in [0, 0.05) is 39.3 Å². The van der Waals surface area contributed by atoms with Crippen LogP contribution in [0.4, 0.5) is 0 Å². The molecule has 1 aliphatic carbocycles. The Kier molecular flexibility index (Phi) is 7.20. The third kappa shape index (κ3) is 4.79. The number of amides is 1. The van der Waals surface area contributed by atoms with Crippen LogP contribution >= 0.6 is 0 Å². The highest BCUT2D eigenvalue weighted by atomic mass is 16.5. The topological polar surface area (TPSA) is 60.5 Å². The van der Waals surface area contributed by atoms with Gasteiger partial charge in [-0.2, -0.15) is 0 Å². The van der Waals surface area contributed by atoms with Crippen molar-refractivity contribution in [3.05, 3.63) is 52.7 Å². The van der Waals surface area contributed by atoms with E-state index in [0.717, 1.165) is 61.5 Å². The second-order valence-corrected chi connectivity index (χ2v) is 8.81. The van der Waals surface area contributed by atoms with E-state index in [2.05, 4.69) is 30.3 Å². The molecule has 2 aromatic carbocycles. The second-order valence-electron chi connectivity index (χ2n) is 8.81. The van der Waals surface area contributed by atoms with Crippen LogP contribution in [0.5, 0.6) is 23.0 Å². The molecule has 2 aliphatic rings. The molecule has 0 bridgehead atoms. The highest BCUT2D eigenvalue weighted by molar-refractivity contribution is 5.81. The first-order chi connectivity index (χ1) is 16.5. The van der Waals surface area contributed by atoms with Gasteiger partial charge in [-0.05, 0) is 64.9 Å². The van der Waals surface area contributed by atoms with E-state index < -0.39 is 0 Å². The third-order valence-corrected chi connectivity index (χ3v) is 6.70. The molecule has 1 heterocycles. The molecule has 1 aliphatic heterocycles. The minimum Gasteiger partial charge on any atom is -0.493 e. The highest BCUT2D eigenvalue weighted by Gasteiger charge is 2.24. The number of carbonyl (C=O) groups excluding carboxylic acids is 1. The van der Waals surface area contributed by atoms with Crippen LogP contribution in [-0.4, -0.2) is 70.8 Å². The number of fused-ring (bicyclic) bond motifs is 2. The largest absolute Gasteiger partial charge is 0.493 e. The Hall–Kier alpha value is -3.35. The lowest BCUT2D eigenvalue weighted by Crippen LogP contribution is -2.34. The summed E-state index contributed by atoms with van der Waals surface area (Å²) >= 11 is 0. The number of nitrogens with zero attached hydrogens (tertiary/aromatic N) is 2. The van der Waals surface area contributed by atoms with Crippen molar-refractivity contribution in [3.63, 3.8) is 0 Å². The summed E-state index contributed by atoms with van der Waals surface area (Å²) in [7, 11) is 8.67. The van der Waals surface area contributed by atoms with Crippen molar-refractivity contribution in [2.45, 2.75) is 25.7 Å². The molecule has 0 saturated heterocycles. The maximum Gasteiger partial charge on any atom is 0.227 e. The van der Waals surface area contributed by atoms with Crippen molar-refractivity contribution in [1.29, 1.82) is 0 Å². The van der Waals surface area contributed by atoms with Crippen LogP contribution in [0.3, 0.4) is 0 Å². The number of hydrogen-bond donors (Lipinski definition) is 0. The molecule has 0 fully saturated rings. The molecule has 0 N–H and O–H groups in total. The zero-order chi connectivity index (χ0) is 24.2. The Morgan fingerprint density at radius 3 is 2.09 bits per heavy atom.